The molecule has 0 bridgehead atoms. The zero-order chi connectivity index (χ0) is 13.5. The van der Waals surface area contributed by atoms with E-state index in [1.807, 2.05) is 0 Å². The predicted octanol–water partition coefficient (Wildman–Crippen LogP) is 0.678. The van der Waals surface area contributed by atoms with E-state index in [-0.39, 0.29) is 12.5 Å². The monoisotopic (exact) mass is 252 g/mol. The Bertz CT molecular complexity index is 434. The summed E-state index contributed by atoms with van der Waals surface area (Å²) < 4.78 is 4.94. The molecule has 1 atom stereocenters. The van der Waals surface area contributed by atoms with E-state index in [1.165, 1.54) is 13.1 Å². The molecule has 6 heteroatoms. The first kappa shape index (κ1) is 14.1. The minimum absolute atomic E-state index is 0.0860. The van der Waals surface area contributed by atoms with Gasteiger partial charge in [-0.2, -0.15) is 0 Å². The zero-order valence-corrected chi connectivity index (χ0v) is 10.3. The summed E-state index contributed by atoms with van der Waals surface area (Å²) in [5, 5.41) is 11.2. The molecule has 98 valence electrons. The number of aliphatic carboxylic acids is 1. The van der Waals surface area contributed by atoms with Crippen LogP contribution >= 0.6 is 0 Å². The van der Waals surface area contributed by atoms with Crippen molar-refractivity contribution in [3.63, 3.8) is 0 Å². The third-order valence-corrected chi connectivity index (χ3v) is 2.36. The number of carboxylic acid groups (broad SMARTS) is 1. The van der Waals surface area contributed by atoms with E-state index in [2.05, 4.69) is 10.3 Å². The van der Waals surface area contributed by atoms with E-state index in [9.17, 15) is 9.59 Å². The molecule has 0 spiro atoms. The first-order valence-electron chi connectivity index (χ1n) is 5.48. The van der Waals surface area contributed by atoms with Gasteiger partial charge >= 0.3 is 5.97 Å². The van der Waals surface area contributed by atoms with Gasteiger partial charge in [-0.05, 0) is 11.6 Å². The van der Waals surface area contributed by atoms with Gasteiger partial charge in [-0.3, -0.25) is 14.6 Å². The van der Waals surface area contributed by atoms with Gasteiger partial charge in [0, 0.05) is 26.0 Å². The normalized spacial score (nSPS) is 11.9. The lowest BCUT2D eigenvalue weighted by Gasteiger charge is -2.08. The number of amides is 1. The number of hydrogen-bond donors (Lipinski definition) is 2. The maximum atomic E-state index is 11.7. The topological polar surface area (TPSA) is 88.5 Å². The molecule has 0 fully saturated rings. The Balaban J connectivity index is 2.61. The molecule has 1 rings (SSSR count). The third kappa shape index (κ3) is 4.14. The van der Waals surface area contributed by atoms with Gasteiger partial charge in [-0.15, -0.1) is 0 Å². The molecule has 18 heavy (non-hydrogen) atoms. The second kappa shape index (κ2) is 6.70. The highest BCUT2D eigenvalue weighted by Crippen LogP contribution is 2.04. The molecular weight excluding hydrogens is 236 g/mol. The largest absolute Gasteiger partial charge is 0.481 e. The van der Waals surface area contributed by atoms with Crippen LogP contribution in [0.25, 0.3) is 0 Å². The molecule has 0 aromatic carbocycles. The van der Waals surface area contributed by atoms with E-state index < -0.39 is 11.9 Å². The number of nitrogens with zero attached hydrogens (tertiary/aromatic N) is 1. The second-order valence-electron chi connectivity index (χ2n) is 3.96. The van der Waals surface area contributed by atoms with Crippen LogP contribution in [0, 0.1) is 5.92 Å². The highest BCUT2D eigenvalue weighted by Gasteiger charge is 2.13. The van der Waals surface area contributed by atoms with Crippen LogP contribution in [0.3, 0.4) is 0 Å². The van der Waals surface area contributed by atoms with Crippen molar-refractivity contribution in [1.82, 2.24) is 10.3 Å². The molecule has 0 radical (unpaired) electrons. The molecule has 0 aliphatic rings. The molecule has 0 aliphatic carbocycles. The van der Waals surface area contributed by atoms with Crippen LogP contribution in [0.4, 0.5) is 0 Å². The minimum atomic E-state index is -0.943. The number of hydrogen-bond acceptors (Lipinski definition) is 4. The quantitative estimate of drug-likeness (QED) is 0.777. The molecule has 2 N–H and O–H groups in total. The number of methoxy groups -OCH3 is 1. The zero-order valence-electron chi connectivity index (χ0n) is 10.3. The Morgan fingerprint density at radius 3 is 2.83 bits per heavy atom. The molecular formula is C12H16N2O4. The average Bonchev–Trinajstić information content (AvgIpc) is 2.36. The van der Waals surface area contributed by atoms with E-state index in [4.69, 9.17) is 9.84 Å². The average molecular weight is 252 g/mol. The number of aromatic nitrogens is 1. The van der Waals surface area contributed by atoms with Crippen molar-refractivity contribution >= 4 is 11.9 Å². The molecule has 1 unspecified atom stereocenters. The van der Waals surface area contributed by atoms with Crippen molar-refractivity contribution in [2.24, 2.45) is 5.92 Å². The van der Waals surface area contributed by atoms with Gasteiger partial charge in [0.2, 0.25) is 0 Å². The van der Waals surface area contributed by atoms with Gasteiger partial charge in [0.05, 0.1) is 18.1 Å². The van der Waals surface area contributed by atoms with Crippen LogP contribution in [0.15, 0.2) is 18.5 Å². The summed E-state index contributed by atoms with van der Waals surface area (Å²) in [6.45, 7) is 1.99. The SMILES string of the molecule is COCc1cncc(C(=O)NCC(C)C(=O)O)c1. The second-order valence-corrected chi connectivity index (χ2v) is 3.96. The van der Waals surface area contributed by atoms with E-state index in [1.54, 1.807) is 19.4 Å². The number of rotatable bonds is 6. The molecule has 6 nitrogen and oxygen atoms in total. The van der Waals surface area contributed by atoms with Crippen LogP contribution in [0.2, 0.25) is 0 Å². The van der Waals surface area contributed by atoms with Crippen LogP contribution in [0.1, 0.15) is 22.8 Å². The van der Waals surface area contributed by atoms with Gasteiger partial charge in [0.15, 0.2) is 0 Å². The van der Waals surface area contributed by atoms with E-state index in [0.29, 0.717) is 12.2 Å². The Kier molecular flexibility index (Phi) is 5.26. The molecule has 1 aromatic rings. The molecule has 0 aliphatic heterocycles. The predicted molar refractivity (Wildman–Crippen MR) is 64.1 cm³/mol. The number of ether oxygens (including phenoxy) is 1. The Morgan fingerprint density at radius 1 is 1.50 bits per heavy atom. The van der Waals surface area contributed by atoms with Crippen molar-refractivity contribution < 1.29 is 19.4 Å². The standard InChI is InChI=1S/C12H16N2O4/c1-8(12(16)17)4-14-11(15)10-3-9(7-18-2)5-13-6-10/h3,5-6,8H,4,7H2,1-2H3,(H,14,15)(H,16,17). The van der Waals surface area contributed by atoms with E-state index >= 15 is 0 Å². The van der Waals surface area contributed by atoms with Crippen molar-refractivity contribution in [2.45, 2.75) is 13.5 Å². The van der Waals surface area contributed by atoms with Crippen molar-refractivity contribution in [1.29, 1.82) is 0 Å². The van der Waals surface area contributed by atoms with E-state index in [0.717, 1.165) is 5.56 Å². The third-order valence-electron chi connectivity index (χ3n) is 2.36. The molecule has 0 saturated heterocycles. The Hall–Kier alpha value is -1.95. The lowest BCUT2D eigenvalue weighted by atomic mass is 10.1. The molecule has 1 aromatic heterocycles. The fraction of sp³-hybridized carbons (Fsp3) is 0.417. The summed E-state index contributed by atoms with van der Waals surface area (Å²) >= 11 is 0. The Labute approximate surface area is 105 Å². The van der Waals surface area contributed by atoms with Crippen molar-refractivity contribution in [2.75, 3.05) is 13.7 Å². The van der Waals surface area contributed by atoms with Gasteiger partial charge in [-0.25, -0.2) is 0 Å². The number of pyridine rings is 1. The lowest BCUT2D eigenvalue weighted by molar-refractivity contribution is -0.140. The number of carboxylic acids is 1. The van der Waals surface area contributed by atoms with Crippen molar-refractivity contribution in [3.05, 3.63) is 29.6 Å². The maximum Gasteiger partial charge on any atom is 0.308 e. The van der Waals surface area contributed by atoms with Gasteiger partial charge in [-0.1, -0.05) is 6.92 Å². The smallest absolute Gasteiger partial charge is 0.308 e. The van der Waals surface area contributed by atoms with Crippen LogP contribution in [0.5, 0.6) is 0 Å². The van der Waals surface area contributed by atoms with Crippen LogP contribution in [-0.4, -0.2) is 35.6 Å². The number of carbonyl (C=O) groups is 2. The highest BCUT2D eigenvalue weighted by atomic mass is 16.5. The fourth-order valence-corrected chi connectivity index (χ4v) is 1.29. The Morgan fingerprint density at radius 2 is 2.22 bits per heavy atom. The van der Waals surface area contributed by atoms with Gasteiger partial charge in [0.25, 0.3) is 5.91 Å². The minimum Gasteiger partial charge on any atom is -0.481 e. The van der Waals surface area contributed by atoms with Gasteiger partial charge in [0.1, 0.15) is 0 Å². The summed E-state index contributed by atoms with van der Waals surface area (Å²) in [6.07, 6.45) is 3.04. The maximum absolute atomic E-state index is 11.7. The summed E-state index contributed by atoms with van der Waals surface area (Å²) in [6, 6.07) is 1.66. The molecule has 0 saturated carbocycles. The molecule has 1 amide bonds. The van der Waals surface area contributed by atoms with Gasteiger partial charge < -0.3 is 15.2 Å². The summed E-state index contributed by atoms with van der Waals surface area (Å²) in [7, 11) is 1.56. The lowest BCUT2D eigenvalue weighted by Crippen LogP contribution is -2.31. The van der Waals surface area contributed by atoms with Crippen LogP contribution in [-0.2, 0) is 16.1 Å². The summed E-state index contributed by atoms with van der Waals surface area (Å²) in [5.41, 5.74) is 1.18. The first-order valence-corrected chi connectivity index (χ1v) is 5.48. The first-order chi connectivity index (χ1) is 8.54. The highest BCUT2D eigenvalue weighted by molar-refractivity contribution is 5.94. The fourth-order valence-electron chi connectivity index (χ4n) is 1.29. The summed E-state index contributed by atoms with van der Waals surface area (Å²) in [5.74, 6) is -1.90. The summed E-state index contributed by atoms with van der Waals surface area (Å²) in [4.78, 5) is 26.3. The number of nitrogens with one attached hydrogen (secondary N) is 1. The van der Waals surface area contributed by atoms with Crippen LogP contribution < -0.4 is 5.32 Å². The number of carbonyl (C=O) groups excluding carboxylic acids is 1. The van der Waals surface area contributed by atoms with Crippen molar-refractivity contribution in [3.8, 4) is 0 Å². The molecule has 1 heterocycles.